The third-order valence-corrected chi connectivity index (χ3v) is 2.23. The zero-order chi connectivity index (χ0) is 7.68. The summed E-state index contributed by atoms with van der Waals surface area (Å²) in [6.45, 7) is 2.17. The molecule has 0 saturated carbocycles. The molecule has 1 atom stereocenters. The van der Waals surface area contributed by atoms with Crippen molar-refractivity contribution in [3.05, 3.63) is 36.1 Å². The van der Waals surface area contributed by atoms with E-state index in [4.69, 9.17) is 0 Å². The molecule has 0 saturated heterocycles. The van der Waals surface area contributed by atoms with Crippen LogP contribution in [0.1, 0.15) is 13.3 Å². The zero-order valence-corrected chi connectivity index (χ0v) is 6.62. The van der Waals surface area contributed by atoms with Crippen molar-refractivity contribution in [1.82, 2.24) is 0 Å². The van der Waals surface area contributed by atoms with E-state index in [1.807, 2.05) is 6.20 Å². The number of hydrogen-bond donors (Lipinski definition) is 0. The molecule has 11 heavy (non-hydrogen) atoms. The largest absolute Gasteiger partial charge is 0.261 e. The maximum Gasteiger partial charge on any atom is 0.0477 e. The highest BCUT2D eigenvalue weighted by atomic mass is 14.7. The summed E-state index contributed by atoms with van der Waals surface area (Å²) in [5.74, 6) is 0.560. The van der Waals surface area contributed by atoms with E-state index in [1.54, 1.807) is 0 Å². The van der Waals surface area contributed by atoms with Crippen LogP contribution in [0.15, 0.2) is 41.1 Å². The summed E-state index contributed by atoms with van der Waals surface area (Å²) in [5, 5.41) is 0. The molecule has 1 aliphatic carbocycles. The molecular weight excluding hydrogens is 134 g/mol. The summed E-state index contributed by atoms with van der Waals surface area (Å²) >= 11 is 0. The summed E-state index contributed by atoms with van der Waals surface area (Å²) in [7, 11) is 0. The second kappa shape index (κ2) is 2.50. The Labute approximate surface area is 66.8 Å². The fourth-order valence-corrected chi connectivity index (χ4v) is 1.54. The van der Waals surface area contributed by atoms with Crippen LogP contribution in [0, 0.1) is 5.92 Å². The highest BCUT2D eigenvalue weighted by Gasteiger charge is 2.17. The maximum atomic E-state index is 4.31. The minimum absolute atomic E-state index is 0.560. The third-order valence-electron chi connectivity index (χ3n) is 2.23. The number of aliphatic imine (C=N–C) groups is 1. The Bertz CT molecular complexity index is 279. The van der Waals surface area contributed by atoms with Gasteiger partial charge < -0.3 is 0 Å². The molecule has 2 aliphatic rings. The van der Waals surface area contributed by atoms with E-state index in [-0.39, 0.29) is 0 Å². The first-order valence-corrected chi connectivity index (χ1v) is 3.95. The van der Waals surface area contributed by atoms with Gasteiger partial charge in [0.15, 0.2) is 0 Å². The normalized spacial score (nSPS) is 27.5. The number of nitrogens with zero attached hydrogens (tertiary/aromatic N) is 1. The molecule has 0 aromatic heterocycles. The number of rotatable bonds is 0. The molecule has 0 radical (unpaired) electrons. The highest BCUT2D eigenvalue weighted by Crippen LogP contribution is 2.24. The molecule has 1 heterocycles. The average Bonchev–Trinajstić information content (AvgIpc) is 2.06. The molecule has 1 aliphatic heterocycles. The molecule has 56 valence electrons. The van der Waals surface area contributed by atoms with Crippen LogP contribution in [0.5, 0.6) is 0 Å². The lowest BCUT2D eigenvalue weighted by atomic mass is 9.87. The van der Waals surface area contributed by atoms with Gasteiger partial charge in [-0.05, 0) is 19.4 Å². The van der Waals surface area contributed by atoms with Crippen molar-refractivity contribution in [2.75, 3.05) is 0 Å². The van der Waals surface area contributed by atoms with Gasteiger partial charge in [0.05, 0.1) is 0 Å². The second-order valence-corrected chi connectivity index (χ2v) is 3.00. The first kappa shape index (κ1) is 6.59. The van der Waals surface area contributed by atoms with Gasteiger partial charge >= 0.3 is 0 Å². The molecule has 1 heteroatoms. The van der Waals surface area contributed by atoms with Crippen LogP contribution >= 0.6 is 0 Å². The number of fused-ring (bicyclic) bond motifs is 1. The second-order valence-electron chi connectivity index (χ2n) is 3.00. The van der Waals surface area contributed by atoms with E-state index in [2.05, 4.69) is 36.2 Å². The first-order valence-electron chi connectivity index (χ1n) is 3.95. The van der Waals surface area contributed by atoms with Gasteiger partial charge in [-0.1, -0.05) is 23.8 Å². The van der Waals surface area contributed by atoms with Gasteiger partial charge in [0.1, 0.15) is 0 Å². The Hall–Kier alpha value is -1.11. The number of hydrogen-bond acceptors (Lipinski definition) is 1. The van der Waals surface area contributed by atoms with Crippen molar-refractivity contribution in [2.45, 2.75) is 13.3 Å². The smallest absolute Gasteiger partial charge is 0.0477 e. The van der Waals surface area contributed by atoms with Crippen LogP contribution in [0.3, 0.4) is 0 Å². The van der Waals surface area contributed by atoms with E-state index in [0.29, 0.717) is 5.92 Å². The van der Waals surface area contributed by atoms with Crippen molar-refractivity contribution < 1.29 is 0 Å². The summed E-state index contributed by atoms with van der Waals surface area (Å²) in [6.07, 6.45) is 11.5. The molecule has 0 bridgehead atoms. The molecule has 1 unspecified atom stereocenters. The molecule has 0 aromatic carbocycles. The predicted molar refractivity (Wildman–Crippen MR) is 47.6 cm³/mol. The van der Waals surface area contributed by atoms with Crippen LogP contribution < -0.4 is 0 Å². The number of allylic oxidation sites excluding steroid dienone is 5. The molecule has 0 amide bonds. The molecule has 0 fully saturated rings. The summed E-state index contributed by atoms with van der Waals surface area (Å²) in [6, 6.07) is 0. The van der Waals surface area contributed by atoms with Crippen molar-refractivity contribution in [3.63, 3.8) is 0 Å². The van der Waals surface area contributed by atoms with Crippen molar-refractivity contribution in [3.8, 4) is 0 Å². The van der Waals surface area contributed by atoms with Gasteiger partial charge in [0.2, 0.25) is 0 Å². The quantitative estimate of drug-likeness (QED) is 0.496. The van der Waals surface area contributed by atoms with E-state index in [1.165, 1.54) is 11.3 Å². The first-order chi connectivity index (χ1) is 5.38. The lowest BCUT2D eigenvalue weighted by molar-refractivity contribution is 0.804. The Kier molecular flexibility index (Phi) is 1.50. The van der Waals surface area contributed by atoms with Crippen molar-refractivity contribution in [1.29, 1.82) is 0 Å². The predicted octanol–water partition coefficient (Wildman–Crippen LogP) is 2.48. The van der Waals surface area contributed by atoms with Gasteiger partial charge in [-0.2, -0.15) is 0 Å². The van der Waals surface area contributed by atoms with Crippen molar-refractivity contribution in [2.24, 2.45) is 10.9 Å². The Balaban J connectivity index is 2.37. The highest BCUT2D eigenvalue weighted by molar-refractivity contribution is 6.00. The fraction of sp³-hybridized carbons (Fsp3) is 0.300. The Morgan fingerprint density at radius 3 is 3.27 bits per heavy atom. The monoisotopic (exact) mass is 145 g/mol. The minimum Gasteiger partial charge on any atom is -0.261 e. The zero-order valence-electron chi connectivity index (χ0n) is 6.62. The molecule has 0 aromatic rings. The van der Waals surface area contributed by atoms with E-state index in [0.717, 1.165) is 6.42 Å². The maximum absolute atomic E-state index is 4.31. The van der Waals surface area contributed by atoms with Gasteiger partial charge in [0, 0.05) is 17.8 Å². The van der Waals surface area contributed by atoms with Crippen molar-refractivity contribution >= 4 is 5.71 Å². The molecular formula is C10H11N. The molecule has 2 rings (SSSR count). The molecule has 0 N–H and O–H groups in total. The van der Waals surface area contributed by atoms with Crippen LogP contribution in [-0.4, -0.2) is 5.71 Å². The minimum atomic E-state index is 0.560. The van der Waals surface area contributed by atoms with E-state index in [9.17, 15) is 0 Å². The van der Waals surface area contributed by atoms with Gasteiger partial charge in [-0.15, -0.1) is 0 Å². The van der Waals surface area contributed by atoms with Gasteiger partial charge in [-0.3, -0.25) is 4.99 Å². The fourth-order valence-electron chi connectivity index (χ4n) is 1.54. The Morgan fingerprint density at radius 2 is 2.45 bits per heavy atom. The van der Waals surface area contributed by atoms with Crippen LogP contribution in [0.2, 0.25) is 0 Å². The van der Waals surface area contributed by atoms with Gasteiger partial charge in [-0.25, -0.2) is 0 Å². The summed E-state index contributed by atoms with van der Waals surface area (Å²) in [5.41, 5.74) is 2.64. The lowest BCUT2D eigenvalue weighted by Gasteiger charge is -2.20. The summed E-state index contributed by atoms with van der Waals surface area (Å²) in [4.78, 5) is 4.31. The molecule has 1 nitrogen and oxygen atoms in total. The van der Waals surface area contributed by atoms with E-state index < -0.39 is 0 Å². The topological polar surface area (TPSA) is 12.4 Å². The Morgan fingerprint density at radius 1 is 1.55 bits per heavy atom. The standard InChI is InChI=1S/C10H11N/c1-8-4-2-6-10-9(8)5-3-7-11-10/h2-4,6-7,9H,5H2,1H3. The van der Waals surface area contributed by atoms with Crippen LogP contribution in [-0.2, 0) is 0 Å². The van der Waals surface area contributed by atoms with Gasteiger partial charge in [0.25, 0.3) is 0 Å². The summed E-state index contributed by atoms with van der Waals surface area (Å²) < 4.78 is 0. The lowest BCUT2D eigenvalue weighted by Crippen LogP contribution is -2.17. The average molecular weight is 145 g/mol. The molecule has 0 spiro atoms. The third kappa shape index (κ3) is 1.07. The van der Waals surface area contributed by atoms with Crippen LogP contribution in [0.25, 0.3) is 0 Å². The van der Waals surface area contributed by atoms with E-state index >= 15 is 0 Å². The van der Waals surface area contributed by atoms with Crippen LogP contribution in [0.4, 0.5) is 0 Å². The SMILES string of the molecule is CC1=CC=CC2=NC=CCC12.